The number of allylic oxidation sites excluding steroid dienone is 2. The van der Waals surface area contributed by atoms with Crippen molar-refractivity contribution >= 4 is 5.78 Å². The van der Waals surface area contributed by atoms with E-state index in [2.05, 4.69) is 13.0 Å². The van der Waals surface area contributed by atoms with Gasteiger partial charge in [-0.3, -0.25) is 4.79 Å². The van der Waals surface area contributed by atoms with Gasteiger partial charge in [0.2, 0.25) is 0 Å². The fraction of sp³-hybridized carbons (Fsp3) is 0.833. The Morgan fingerprint density at radius 2 is 1.53 bits per heavy atom. The molecule has 0 spiro atoms. The second kappa shape index (κ2) is 11.3. The number of carbonyl (C=O) groups excluding carboxylic acids is 1. The van der Waals surface area contributed by atoms with Gasteiger partial charge >= 0.3 is 0 Å². The number of rotatable bonds is 11. The topological polar surface area (TPSA) is 17.1 Å². The summed E-state index contributed by atoms with van der Waals surface area (Å²) < 4.78 is 0. The van der Waals surface area contributed by atoms with Crippen molar-refractivity contribution in [1.29, 1.82) is 0 Å². The Hall–Kier alpha value is -0.590. The monoisotopic (exact) mass is 264 g/mol. The van der Waals surface area contributed by atoms with Crippen LogP contribution in [0.4, 0.5) is 0 Å². The van der Waals surface area contributed by atoms with Crippen LogP contribution in [0.2, 0.25) is 0 Å². The highest BCUT2D eigenvalue weighted by atomic mass is 16.1. The molecule has 0 saturated carbocycles. The molecular weight excluding hydrogens is 232 g/mol. The van der Waals surface area contributed by atoms with Crippen molar-refractivity contribution in [1.82, 2.24) is 0 Å². The van der Waals surface area contributed by atoms with Crippen molar-refractivity contribution in [2.45, 2.75) is 90.4 Å². The van der Waals surface area contributed by atoms with Crippen LogP contribution in [-0.2, 0) is 4.79 Å². The van der Waals surface area contributed by atoms with Crippen LogP contribution in [0.15, 0.2) is 12.2 Å². The fourth-order valence-corrected chi connectivity index (χ4v) is 2.89. The standard InChI is InChI=1S/C18H32O/c1-2-3-4-5-6-7-8-9-10-11-12-17-13-15-18(19)16-14-17/h13,15,17H,2-12,14,16H2,1H3. The zero-order chi connectivity index (χ0) is 13.8. The number of hydrogen-bond donors (Lipinski definition) is 0. The van der Waals surface area contributed by atoms with Crippen molar-refractivity contribution < 1.29 is 4.79 Å². The van der Waals surface area contributed by atoms with E-state index in [9.17, 15) is 4.79 Å². The Morgan fingerprint density at radius 3 is 2.05 bits per heavy atom. The minimum Gasteiger partial charge on any atom is -0.295 e. The molecule has 0 saturated heterocycles. The van der Waals surface area contributed by atoms with Gasteiger partial charge < -0.3 is 0 Å². The highest BCUT2D eigenvalue weighted by Crippen LogP contribution is 2.21. The summed E-state index contributed by atoms with van der Waals surface area (Å²) in [6.45, 7) is 2.28. The average molecular weight is 264 g/mol. The maximum atomic E-state index is 11.1. The molecule has 0 heterocycles. The maximum Gasteiger partial charge on any atom is 0.155 e. The molecule has 0 aromatic heterocycles. The summed E-state index contributed by atoms with van der Waals surface area (Å²) in [5.41, 5.74) is 0. The smallest absolute Gasteiger partial charge is 0.155 e. The number of unbranched alkanes of at least 4 members (excludes halogenated alkanes) is 9. The lowest BCUT2D eigenvalue weighted by atomic mass is 9.90. The summed E-state index contributed by atoms with van der Waals surface area (Å²) in [5.74, 6) is 1.01. The van der Waals surface area contributed by atoms with E-state index >= 15 is 0 Å². The molecule has 0 aromatic rings. The van der Waals surface area contributed by atoms with Crippen LogP contribution in [0.25, 0.3) is 0 Å². The lowest BCUT2D eigenvalue weighted by molar-refractivity contribution is -0.115. The van der Waals surface area contributed by atoms with Gasteiger partial charge in [-0.1, -0.05) is 77.2 Å². The Morgan fingerprint density at radius 1 is 0.947 bits per heavy atom. The van der Waals surface area contributed by atoms with Crippen LogP contribution in [0.3, 0.4) is 0 Å². The highest BCUT2D eigenvalue weighted by Gasteiger charge is 2.11. The minimum absolute atomic E-state index is 0.319. The Balaban J connectivity index is 1.81. The number of hydrogen-bond acceptors (Lipinski definition) is 1. The number of ketones is 1. The molecule has 1 heteroatoms. The molecule has 0 bridgehead atoms. The molecule has 1 nitrogen and oxygen atoms in total. The summed E-state index contributed by atoms with van der Waals surface area (Å²) in [5, 5.41) is 0. The second-order valence-electron chi connectivity index (χ2n) is 6.09. The van der Waals surface area contributed by atoms with E-state index in [4.69, 9.17) is 0 Å². The first-order valence-electron chi connectivity index (χ1n) is 8.54. The first kappa shape index (κ1) is 16.5. The Kier molecular flexibility index (Phi) is 9.75. The third kappa shape index (κ3) is 9.02. The van der Waals surface area contributed by atoms with Crippen LogP contribution in [0, 0.1) is 5.92 Å². The molecule has 1 aliphatic rings. The lowest BCUT2D eigenvalue weighted by Gasteiger charge is -2.15. The van der Waals surface area contributed by atoms with Gasteiger partial charge in [-0.15, -0.1) is 0 Å². The molecule has 0 N–H and O–H groups in total. The molecule has 110 valence electrons. The predicted molar refractivity (Wildman–Crippen MR) is 83.3 cm³/mol. The van der Waals surface area contributed by atoms with E-state index in [1.807, 2.05) is 0 Å². The van der Waals surface area contributed by atoms with E-state index in [1.165, 1.54) is 70.6 Å². The maximum absolute atomic E-state index is 11.1. The summed E-state index contributed by atoms with van der Waals surface area (Å²) in [6, 6.07) is 0. The van der Waals surface area contributed by atoms with Crippen molar-refractivity contribution in [2.75, 3.05) is 0 Å². The van der Waals surface area contributed by atoms with E-state index in [-0.39, 0.29) is 0 Å². The first-order chi connectivity index (χ1) is 9.33. The Labute approximate surface area is 119 Å². The minimum atomic E-state index is 0.319. The van der Waals surface area contributed by atoms with Crippen LogP contribution in [0.1, 0.15) is 90.4 Å². The molecule has 0 aliphatic heterocycles. The largest absolute Gasteiger partial charge is 0.295 e. The summed E-state index contributed by atoms with van der Waals surface area (Å²) in [7, 11) is 0. The van der Waals surface area contributed by atoms with E-state index in [0.29, 0.717) is 11.7 Å². The second-order valence-corrected chi connectivity index (χ2v) is 6.09. The first-order valence-corrected chi connectivity index (χ1v) is 8.54. The van der Waals surface area contributed by atoms with Crippen molar-refractivity contribution in [3.8, 4) is 0 Å². The Bertz CT molecular complexity index is 254. The van der Waals surface area contributed by atoms with Gasteiger partial charge in [0.15, 0.2) is 5.78 Å². The van der Waals surface area contributed by atoms with Gasteiger partial charge in [-0.25, -0.2) is 0 Å². The molecule has 1 rings (SSSR count). The van der Waals surface area contributed by atoms with Gasteiger partial charge in [0.1, 0.15) is 0 Å². The molecule has 0 amide bonds. The van der Waals surface area contributed by atoms with Crippen LogP contribution in [0.5, 0.6) is 0 Å². The molecule has 19 heavy (non-hydrogen) atoms. The summed E-state index contributed by atoms with van der Waals surface area (Å²) in [4.78, 5) is 11.1. The molecule has 1 atom stereocenters. The van der Waals surface area contributed by atoms with E-state index < -0.39 is 0 Å². The third-order valence-corrected chi connectivity index (χ3v) is 4.24. The normalized spacial score (nSPS) is 19.0. The van der Waals surface area contributed by atoms with Crippen molar-refractivity contribution in [3.63, 3.8) is 0 Å². The average Bonchev–Trinajstić information content (AvgIpc) is 2.43. The summed E-state index contributed by atoms with van der Waals surface area (Å²) in [6.07, 6.45) is 21.2. The van der Waals surface area contributed by atoms with Crippen LogP contribution in [-0.4, -0.2) is 5.78 Å². The molecule has 1 aliphatic carbocycles. The quantitative estimate of drug-likeness (QED) is 0.429. The zero-order valence-electron chi connectivity index (χ0n) is 12.8. The van der Waals surface area contributed by atoms with Gasteiger partial charge in [0, 0.05) is 6.42 Å². The van der Waals surface area contributed by atoms with Crippen LogP contribution >= 0.6 is 0 Å². The van der Waals surface area contributed by atoms with Crippen molar-refractivity contribution in [2.24, 2.45) is 5.92 Å². The van der Waals surface area contributed by atoms with E-state index in [1.54, 1.807) is 6.08 Å². The third-order valence-electron chi connectivity index (χ3n) is 4.24. The molecule has 0 radical (unpaired) electrons. The van der Waals surface area contributed by atoms with Gasteiger partial charge in [-0.05, 0) is 24.8 Å². The van der Waals surface area contributed by atoms with Crippen LogP contribution < -0.4 is 0 Å². The number of carbonyl (C=O) groups is 1. The molecule has 0 fully saturated rings. The highest BCUT2D eigenvalue weighted by molar-refractivity contribution is 5.90. The fourth-order valence-electron chi connectivity index (χ4n) is 2.89. The predicted octanol–water partition coefficient (Wildman–Crippen LogP) is 5.83. The van der Waals surface area contributed by atoms with E-state index in [0.717, 1.165) is 12.8 Å². The van der Waals surface area contributed by atoms with Crippen molar-refractivity contribution in [3.05, 3.63) is 12.2 Å². The SMILES string of the molecule is CCCCCCCCCCCCC1C=CC(=O)CC1. The van der Waals surface area contributed by atoms with Gasteiger partial charge in [0.05, 0.1) is 0 Å². The zero-order valence-corrected chi connectivity index (χ0v) is 12.8. The van der Waals surface area contributed by atoms with Gasteiger partial charge in [-0.2, -0.15) is 0 Å². The summed E-state index contributed by atoms with van der Waals surface area (Å²) >= 11 is 0. The lowest BCUT2D eigenvalue weighted by Crippen LogP contribution is -2.07. The molecule has 0 aromatic carbocycles. The molecule has 1 unspecified atom stereocenters. The van der Waals surface area contributed by atoms with Gasteiger partial charge in [0.25, 0.3) is 0 Å². The molecular formula is C18H32O.